The average Bonchev–Trinajstić information content (AvgIpc) is 2.77. The van der Waals surface area contributed by atoms with Crippen LogP contribution in [0.3, 0.4) is 0 Å². The number of amides is 1. The quantitative estimate of drug-likeness (QED) is 0.447. The molecule has 0 N–H and O–H groups in total. The number of rotatable bonds is 8. The van der Waals surface area contributed by atoms with E-state index in [1.54, 1.807) is 55.5 Å². The molecule has 0 bridgehead atoms. The van der Waals surface area contributed by atoms with Gasteiger partial charge in [-0.2, -0.15) is 4.31 Å². The molecule has 3 aromatic rings. The molecule has 0 heterocycles. The highest BCUT2D eigenvalue weighted by atomic mass is 35.5. The van der Waals surface area contributed by atoms with Crippen molar-refractivity contribution in [3.05, 3.63) is 83.4 Å². The van der Waals surface area contributed by atoms with Gasteiger partial charge in [0, 0.05) is 5.02 Å². The van der Waals surface area contributed by atoms with Gasteiger partial charge in [0.05, 0.1) is 17.2 Å². The summed E-state index contributed by atoms with van der Waals surface area (Å²) in [5.41, 5.74) is 0.918. The van der Waals surface area contributed by atoms with Gasteiger partial charge in [0.2, 0.25) is 0 Å². The number of hydrogen-bond donors (Lipinski definition) is 0. The Balaban J connectivity index is 2.00. The smallest absolute Gasteiger partial charge is 0.281 e. The first-order valence-corrected chi connectivity index (χ1v) is 11.9. The molecule has 0 aliphatic rings. The lowest BCUT2D eigenvalue weighted by molar-refractivity contribution is -0.123. The van der Waals surface area contributed by atoms with E-state index in [2.05, 4.69) is 0 Å². The predicted octanol–water partition coefficient (Wildman–Crippen LogP) is 5.24. The van der Waals surface area contributed by atoms with Crippen LogP contribution in [0.2, 0.25) is 5.02 Å². The van der Waals surface area contributed by atoms with Crippen molar-refractivity contribution in [2.45, 2.75) is 31.8 Å². The molecule has 0 aliphatic heterocycles. The van der Waals surface area contributed by atoms with Gasteiger partial charge in [-0.3, -0.25) is 4.79 Å². The van der Waals surface area contributed by atoms with Crippen molar-refractivity contribution in [1.82, 2.24) is 0 Å². The van der Waals surface area contributed by atoms with E-state index in [9.17, 15) is 13.2 Å². The van der Waals surface area contributed by atoms with Gasteiger partial charge >= 0.3 is 0 Å². The maximum atomic E-state index is 13.5. The number of ether oxygens (including phenoxy) is 2. The van der Waals surface area contributed by atoms with E-state index in [1.807, 2.05) is 6.92 Å². The highest BCUT2D eigenvalue weighted by Crippen LogP contribution is 2.29. The lowest BCUT2D eigenvalue weighted by Gasteiger charge is -2.26. The molecule has 0 saturated heterocycles. The molecule has 8 heteroatoms. The fourth-order valence-corrected chi connectivity index (χ4v) is 4.80. The Morgan fingerprint density at radius 3 is 2.28 bits per heavy atom. The average molecular weight is 474 g/mol. The van der Waals surface area contributed by atoms with Gasteiger partial charge in [0.1, 0.15) is 11.5 Å². The van der Waals surface area contributed by atoms with Gasteiger partial charge in [-0.15, -0.1) is 0 Å². The van der Waals surface area contributed by atoms with E-state index in [0.29, 0.717) is 23.1 Å². The molecule has 0 saturated carbocycles. The molecule has 1 atom stereocenters. The third-order valence-electron chi connectivity index (χ3n) is 4.65. The summed E-state index contributed by atoms with van der Waals surface area (Å²) in [7, 11) is -4.19. The van der Waals surface area contributed by atoms with E-state index in [4.69, 9.17) is 21.1 Å². The molecular formula is C24H24ClNO5S. The maximum absolute atomic E-state index is 13.5. The van der Waals surface area contributed by atoms with E-state index < -0.39 is 22.0 Å². The highest BCUT2D eigenvalue weighted by Gasteiger charge is 2.35. The number of benzene rings is 3. The number of carbonyl (C=O) groups is 1. The first-order chi connectivity index (χ1) is 15.2. The molecule has 32 heavy (non-hydrogen) atoms. The molecule has 3 rings (SSSR count). The Morgan fingerprint density at radius 1 is 1.03 bits per heavy atom. The summed E-state index contributed by atoms with van der Waals surface area (Å²) < 4.78 is 38.9. The largest absolute Gasteiger partial charge is 0.494 e. The lowest BCUT2D eigenvalue weighted by atomic mass is 10.2. The second-order valence-corrected chi connectivity index (χ2v) is 9.24. The number of sulfonamides is 1. The van der Waals surface area contributed by atoms with Gasteiger partial charge < -0.3 is 9.47 Å². The number of nitrogens with zero attached hydrogens (tertiary/aromatic N) is 1. The zero-order valence-electron chi connectivity index (χ0n) is 18.0. The van der Waals surface area contributed by atoms with Crippen molar-refractivity contribution in [1.29, 1.82) is 0 Å². The molecule has 0 aromatic heterocycles. The summed E-state index contributed by atoms with van der Waals surface area (Å²) in [6.07, 6.45) is -1.08. The van der Waals surface area contributed by atoms with E-state index in [-0.39, 0.29) is 10.6 Å². The molecule has 1 amide bonds. The van der Waals surface area contributed by atoms with Gasteiger partial charge in [-0.25, -0.2) is 8.42 Å². The normalized spacial score (nSPS) is 12.1. The summed E-state index contributed by atoms with van der Waals surface area (Å²) in [6, 6.07) is 19.1. The van der Waals surface area contributed by atoms with E-state index >= 15 is 0 Å². The minimum Gasteiger partial charge on any atom is -0.494 e. The molecule has 1 unspecified atom stereocenters. The van der Waals surface area contributed by atoms with Crippen LogP contribution in [0.15, 0.2) is 77.7 Å². The Morgan fingerprint density at radius 2 is 1.69 bits per heavy atom. The zero-order valence-corrected chi connectivity index (χ0v) is 19.6. The van der Waals surface area contributed by atoms with E-state index in [0.717, 1.165) is 9.87 Å². The van der Waals surface area contributed by atoms with Gasteiger partial charge in [-0.05, 0) is 80.9 Å². The van der Waals surface area contributed by atoms with Crippen LogP contribution in [0.1, 0.15) is 19.4 Å². The fourth-order valence-electron chi connectivity index (χ4n) is 3.08. The van der Waals surface area contributed by atoms with Crippen molar-refractivity contribution < 1.29 is 22.7 Å². The van der Waals surface area contributed by atoms with Crippen LogP contribution in [-0.2, 0) is 14.8 Å². The first kappa shape index (κ1) is 23.6. The number of anilines is 1. The van der Waals surface area contributed by atoms with Crippen molar-refractivity contribution >= 4 is 33.2 Å². The standard InChI is InChI=1S/C24H24ClNO5S/c1-4-30-21-13-11-20(12-14-21)26(32(28,29)22-8-6-5-7-9-22)24(27)18(3)31-23-15-10-19(25)16-17(23)2/h5-16,18H,4H2,1-3H3. The third kappa shape index (κ3) is 5.23. The number of carbonyl (C=O) groups excluding carboxylic acids is 1. The van der Waals surface area contributed by atoms with Crippen molar-refractivity contribution in [3.63, 3.8) is 0 Å². The van der Waals surface area contributed by atoms with Crippen LogP contribution in [0.4, 0.5) is 5.69 Å². The SMILES string of the molecule is CCOc1ccc(N(C(=O)C(C)Oc2ccc(Cl)cc2C)S(=O)(=O)c2ccccc2)cc1. The summed E-state index contributed by atoms with van der Waals surface area (Å²) >= 11 is 5.99. The number of aryl methyl sites for hydroxylation is 1. The van der Waals surface area contributed by atoms with Crippen LogP contribution in [0, 0.1) is 6.92 Å². The van der Waals surface area contributed by atoms with Gasteiger partial charge in [0.25, 0.3) is 15.9 Å². The van der Waals surface area contributed by atoms with Crippen molar-refractivity contribution in [2.24, 2.45) is 0 Å². The minimum atomic E-state index is -4.19. The van der Waals surface area contributed by atoms with Crippen LogP contribution >= 0.6 is 11.6 Å². The first-order valence-electron chi connectivity index (χ1n) is 10.0. The lowest BCUT2D eigenvalue weighted by Crippen LogP contribution is -2.44. The Kier molecular flexibility index (Phi) is 7.43. The summed E-state index contributed by atoms with van der Waals surface area (Å²) in [4.78, 5) is 13.4. The second-order valence-electron chi connectivity index (χ2n) is 7.02. The van der Waals surface area contributed by atoms with E-state index in [1.165, 1.54) is 31.2 Å². The molecule has 6 nitrogen and oxygen atoms in total. The monoisotopic (exact) mass is 473 g/mol. The van der Waals surface area contributed by atoms with Crippen LogP contribution in [0.25, 0.3) is 0 Å². The van der Waals surface area contributed by atoms with Gasteiger partial charge in [-0.1, -0.05) is 29.8 Å². The molecule has 0 fully saturated rings. The Hall–Kier alpha value is -3.03. The molecule has 0 aliphatic carbocycles. The predicted molar refractivity (Wildman–Crippen MR) is 125 cm³/mol. The topological polar surface area (TPSA) is 72.9 Å². The Labute approximate surface area is 193 Å². The second kappa shape index (κ2) is 10.1. The molecule has 168 valence electrons. The minimum absolute atomic E-state index is 0.00268. The van der Waals surface area contributed by atoms with Crippen LogP contribution < -0.4 is 13.8 Å². The maximum Gasteiger partial charge on any atom is 0.281 e. The van der Waals surface area contributed by atoms with Crippen LogP contribution in [-0.4, -0.2) is 27.0 Å². The summed E-state index contributed by atoms with van der Waals surface area (Å²) in [5.74, 6) is 0.285. The fraction of sp³-hybridized carbons (Fsp3) is 0.208. The zero-order chi connectivity index (χ0) is 23.3. The van der Waals surface area contributed by atoms with Crippen molar-refractivity contribution in [3.8, 4) is 11.5 Å². The number of halogens is 1. The van der Waals surface area contributed by atoms with Crippen molar-refractivity contribution in [2.75, 3.05) is 10.9 Å². The molecule has 0 spiro atoms. The molecule has 3 aromatic carbocycles. The van der Waals surface area contributed by atoms with Crippen LogP contribution in [0.5, 0.6) is 11.5 Å². The van der Waals surface area contributed by atoms with Gasteiger partial charge in [0.15, 0.2) is 6.10 Å². The third-order valence-corrected chi connectivity index (χ3v) is 6.63. The molecule has 0 radical (unpaired) electrons. The Bertz CT molecular complexity index is 1180. The summed E-state index contributed by atoms with van der Waals surface area (Å²) in [5, 5.41) is 0.538. The number of hydrogen-bond acceptors (Lipinski definition) is 5. The molecular weight excluding hydrogens is 450 g/mol. The highest BCUT2D eigenvalue weighted by molar-refractivity contribution is 7.93. The summed E-state index contributed by atoms with van der Waals surface area (Å²) in [6.45, 7) is 5.62.